The molecule has 0 N–H and O–H groups in total. The molecule has 0 aromatic carbocycles. The molecule has 0 spiro atoms. The predicted octanol–water partition coefficient (Wildman–Crippen LogP) is 4.24. The normalized spacial score (nSPS) is 19.6. The third-order valence-electron chi connectivity index (χ3n) is 3.69. The summed E-state index contributed by atoms with van der Waals surface area (Å²) in [5, 5.41) is 0. The Morgan fingerprint density at radius 1 is 1.12 bits per heavy atom. The maximum Gasteiger partial charge on any atom is 0.00159 e. The van der Waals surface area contributed by atoms with E-state index in [1.165, 1.54) is 64.6 Å². The first kappa shape index (κ1) is 13.8. The first-order chi connectivity index (χ1) is 7.86. The molecule has 1 saturated heterocycles. The molecule has 1 nitrogen and oxygen atoms in total. The highest BCUT2D eigenvalue weighted by atomic mass is 15.1. The number of hydrogen-bond donors (Lipinski definition) is 0. The molecule has 0 atom stereocenters. The summed E-state index contributed by atoms with van der Waals surface area (Å²) in [4.78, 5) is 2.64. The van der Waals surface area contributed by atoms with Gasteiger partial charge in [-0.15, -0.1) is 0 Å². The third kappa shape index (κ3) is 5.69. The second-order valence-electron chi connectivity index (χ2n) is 5.10. The van der Waals surface area contributed by atoms with Crippen LogP contribution in [0.25, 0.3) is 0 Å². The monoisotopic (exact) mass is 223 g/mol. The number of hydrogen-bond acceptors (Lipinski definition) is 1. The van der Waals surface area contributed by atoms with Crippen molar-refractivity contribution in [3.63, 3.8) is 0 Å². The van der Waals surface area contributed by atoms with Crippen LogP contribution in [0.2, 0.25) is 0 Å². The van der Waals surface area contributed by atoms with Gasteiger partial charge < -0.3 is 4.90 Å². The van der Waals surface area contributed by atoms with Gasteiger partial charge in [-0.1, -0.05) is 45.3 Å². The van der Waals surface area contributed by atoms with Crippen molar-refractivity contribution in [2.24, 2.45) is 5.92 Å². The van der Waals surface area contributed by atoms with Crippen molar-refractivity contribution >= 4 is 0 Å². The highest BCUT2D eigenvalue weighted by Gasteiger charge is 2.17. The summed E-state index contributed by atoms with van der Waals surface area (Å²) in [5.74, 6) is 1.03. The fraction of sp³-hybridized carbons (Fsp3) is 0.867. The van der Waals surface area contributed by atoms with Crippen LogP contribution in [0.4, 0.5) is 0 Å². The summed E-state index contributed by atoms with van der Waals surface area (Å²) in [6.07, 6.45) is 14.2. The zero-order valence-electron chi connectivity index (χ0n) is 11.3. The second kappa shape index (κ2) is 8.81. The maximum atomic E-state index is 2.64. The van der Waals surface area contributed by atoms with Crippen LogP contribution in [0.15, 0.2) is 12.2 Å². The van der Waals surface area contributed by atoms with Crippen LogP contribution in [0.3, 0.4) is 0 Å². The van der Waals surface area contributed by atoms with E-state index in [9.17, 15) is 0 Å². The molecule has 1 heteroatoms. The van der Waals surface area contributed by atoms with Crippen molar-refractivity contribution in [3.8, 4) is 0 Å². The molecule has 0 aromatic heterocycles. The van der Waals surface area contributed by atoms with Crippen molar-refractivity contribution in [3.05, 3.63) is 12.2 Å². The molecular formula is C15H29N. The Kier molecular flexibility index (Phi) is 7.58. The number of rotatable bonds is 7. The molecule has 0 aliphatic carbocycles. The van der Waals surface area contributed by atoms with Gasteiger partial charge in [-0.05, 0) is 44.7 Å². The molecule has 1 aliphatic rings. The van der Waals surface area contributed by atoms with Crippen molar-refractivity contribution in [2.75, 3.05) is 19.6 Å². The molecule has 1 rings (SSSR count). The number of piperidine rings is 1. The smallest absolute Gasteiger partial charge is 0.00159 e. The van der Waals surface area contributed by atoms with E-state index in [1.54, 1.807) is 0 Å². The number of likely N-dealkylation sites (tertiary alicyclic amines) is 1. The first-order valence-electron chi connectivity index (χ1n) is 7.24. The summed E-state index contributed by atoms with van der Waals surface area (Å²) in [5.41, 5.74) is 0. The van der Waals surface area contributed by atoms with Crippen molar-refractivity contribution < 1.29 is 0 Å². The van der Waals surface area contributed by atoms with Gasteiger partial charge in [0.2, 0.25) is 0 Å². The van der Waals surface area contributed by atoms with Gasteiger partial charge in [0.05, 0.1) is 0 Å². The number of unbranched alkanes of at least 4 members (excludes halogenated alkanes) is 1. The standard InChI is InChI=1S/C15H29N/c1-3-5-7-8-12-16-13-10-15(11-14-16)9-6-4-2/h5,7,15H,3-4,6,8-14H2,1-2H3/b7-5-. The summed E-state index contributed by atoms with van der Waals surface area (Å²) < 4.78 is 0. The minimum Gasteiger partial charge on any atom is -0.303 e. The van der Waals surface area contributed by atoms with Crippen LogP contribution >= 0.6 is 0 Å². The fourth-order valence-electron chi connectivity index (χ4n) is 2.53. The van der Waals surface area contributed by atoms with E-state index >= 15 is 0 Å². The zero-order chi connectivity index (χ0) is 11.6. The first-order valence-corrected chi connectivity index (χ1v) is 7.24. The Labute approximate surface area is 102 Å². The average Bonchev–Trinajstić information content (AvgIpc) is 2.33. The molecule has 1 fully saturated rings. The Morgan fingerprint density at radius 2 is 1.88 bits per heavy atom. The highest BCUT2D eigenvalue weighted by molar-refractivity contribution is 4.82. The minimum absolute atomic E-state index is 1.03. The van der Waals surface area contributed by atoms with Crippen LogP contribution in [-0.2, 0) is 0 Å². The molecule has 1 heterocycles. The van der Waals surface area contributed by atoms with Crippen molar-refractivity contribution in [1.29, 1.82) is 0 Å². The molecule has 0 aromatic rings. The topological polar surface area (TPSA) is 3.24 Å². The lowest BCUT2D eigenvalue weighted by atomic mass is 9.91. The van der Waals surface area contributed by atoms with E-state index in [1.807, 2.05) is 0 Å². The average molecular weight is 223 g/mol. The molecule has 0 radical (unpaired) electrons. The quantitative estimate of drug-likeness (QED) is 0.583. The third-order valence-corrected chi connectivity index (χ3v) is 3.69. The van der Waals surface area contributed by atoms with Gasteiger partial charge in [0.25, 0.3) is 0 Å². The van der Waals surface area contributed by atoms with E-state index < -0.39 is 0 Å². The number of allylic oxidation sites excluding steroid dienone is 1. The molecule has 0 bridgehead atoms. The van der Waals surface area contributed by atoms with E-state index in [4.69, 9.17) is 0 Å². The van der Waals surface area contributed by atoms with Gasteiger partial charge in [-0.3, -0.25) is 0 Å². The van der Waals surface area contributed by atoms with Crippen LogP contribution in [0, 0.1) is 5.92 Å². The van der Waals surface area contributed by atoms with Crippen LogP contribution in [0.5, 0.6) is 0 Å². The largest absolute Gasteiger partial charge is 0.303 e. The number of nitrogens with zero attached hydrogens (tertiary/aromatic N) is 1. The van der Waals surface area contributed by atoms with Gasteiger partial charge in [-0.2, -0.15) is 0 Å². The van der Waals surface area contributed by atoms with Crippen molar-refractivity contribution in [1.82, 2.24) is 4.90 Å². The second-order valence-corrected chi connectivity index (χ2v) is 5.10. The van der Waals surface area contributed by atoms with Gasteiger partial charge in [0.15, 0.2) is 0 Å². The maximum absolute atomic E-state index is 2.64. The summed E-state index contributed by atoms with van der Waals surface area (Å²) in [7, 11) is 0. The van der Waals surface area contributed by atoms with Crippen molar-refractivity contribution in [2.45, 2.75) is 58.8 Å². The Hall–Kier alpha value is -0.300. The molecular weight excluding hydrogens is 194 g/mol. The lowest BCUT2D eigenvalue weighted by Crippen LogP contribution is -2.34. The summed E-state index contributed by atoms with van der Waals surface area (Å²) in [6, 6.07) is 0. The van der Waals surface area contributed by atoms with Crippen LogP contribution < -0.4 is 0 Å². The van der Waals surface area contributed by atoms with Gasteiger partial charge in [0.1, 0.15) is 0 Å². The summed E-state index contributed by atoms with van der Waals surface area (Å²) >= 11 is 0. The Balaban J connectivity index is 2.05. The molecule has 0 saturated carbocycles. The van der Waals surface area contributed by atoms with E-state index in [0.29, 0.717) is 0 Å². The SMILES string of the molecule is CC/C=C\CCN1CCC(CCCC)CC1. The summed E-state index contributed by atoms with van der Waals surface area (Å²) in [6.45, 7) is 8.46. The zero-order valence-corrected chi connectivity index (χ0v) is 11.3. The van der Waals surface area contributed by atoms with Gasteiger partial charge in [0, 0.05) is 6.54 Å². The van der Waals surface area contributed by atoms with Crippen LogP contribution in [0.1, 0.15) is 58.8 Å². The molecule has 0 unspecified atom stereocenters. The molecule has 16 heavy (non-hydrogen) atoms. The lowest BCUT2D eigenvalue weighted by Gasteiger charge is -2.31. The van der Waals surface area contributed by atoms with Gasteiger partial charge in [-0.25, -0.2) is 0 Å². The Bertz CT molecular complexity index is 178. The van der Waals surface area contributed by atoms with E-state index in [2.05, 4.69) is 30.9 Å². The molecule has 94 valence electrons. The lowest BCUT2D eigenvalue weighted by molar-refractivity contribution is 0.180. The van der Waals surface area contributed by atoms with Crippen LogP contribution in [-0.4, -0.2) is 24.5 Å². The van der Waals surface area contributed by atoms with Gasteiger partial charge >= 0.3 is 0 Å². The predicted molar refractivity (Wildman–Crippen MR) is 72.7 cm³/mol. The van der Waals surface area contributed by atoms with E-state index in [0.717, 1.165) is 5.92 Å². The minimum atomic E-state index is 1.03. The van der Waals surface area contributed by atoms with E-state index in [-0.39, 0.29) is 0 Å². The molecule has 1 aliphatic heterocycles. The molecule has 0 amide bonds. The fourth-order valence-corrected chi connectivity index (χ4v) is 2.53. The highest BCUT2D eigenvalue weighted by Crippen LogP contribution is 2.22. The Morgan fingerprint density at radius 3 is 2.50 bits per heavy atom.